The lowest BCUT2D eigenvalue weighted by Crippen LogP contribution is -2.37. The molecule has 0 radical (unpaired) electrons. The van der Waals surface area contributed by atoms with Crippen LogP contribution in [-0.4, -0.2) is 59.3 Å². The SMILES string of the molecule is CCCCOC[C@H](O)CN(Cc1c(-c2ccccc2)nn(C)c1Oc1ccc(OC)cc1)CC(C)C. The fourth-order valence-corrected chi connectivity index (χ4v) is 4.17. The predicted molar refractivity (Wildman–Crippen MR) is 144 cm³/mol. The van der Waals surface area contributed by atoms with Gasteiger partial charge in [-0.2, -0.15) is 5.10 Å². The van der Waals surface area contributed by atoms with E-state index in [1.54, 1.807) is 11.8 Å². The highest BCUT2D eigenvalue weighted by Crippen LogP contribution is 2.34. The molecule has 1 heterocycles. The molecule has 0 aliphatic carbocycles. The Bertz CT molecular complexity index is 1030. The molecule has 1 atom stereocenters. The van der Waals surface area contributed by atoms with Gasteiger partial charge in [-0.1, -0.05) is 57.5 Å². The van der Waals surface area contributed by atoms with Crippen molar-refractivity contribution in [2.24, 2.45) is 13.0 Å². The Balaban J connectivity index is 1.90. The molecule has 1 N–H and O–H groups in total. The summed E-state index contributed by atoms with van der Waals surface area (Å²) in [6.07, 6.45) is 1.52. The first kappa shape index (κ1) is 27.7. The number of hydrogen-bond acceptors (Lipinski definition) is 6. The molecule has 1 aromatic heterocycles. The zero-order chi connectivity index (χ0) is 25.9. The minimum absolute atomic E-state index is 0.336. The number of hydrogen-bond donors (Lipinski definition) is 1. The third-order valence-corrected chi connectivity index (χ3v) is 5.84. The molecule has 0 aliphatic rings. The molecule has 196 valence electrons. The molecule has 0 saturated heterocycles. The predicted octanol–water partition coefficient (Wildman–Crippen LogP) is 5.52. The summed E-state index contributed by atoms with van der Waals surface area (Å²) in [6, 6.07) is 17.7. The topological polar surface area (TPSA) is 69.0 Å². The summed E-state index contributed by atoms with van der Waals surface area (Å²) < 4.78 is 19.1. The Hall–Kier alpha value is -2.87. The van der Waals surface area contributed by atoms with Gasteiger partial charge in [-0.15, -0.1) is 0 Å². The van der Waals surface area contributed by atoms with Crippen molar-refractivity contribution < 1.29 is 19.3 Å². The van der Waals surface area contributed by atoms with E-state index in [9.17, 15) is 5.11 Å². The number of ether oxygens (including phenoxy) is 3. The molecule has 3 rings (SSSR count). The van der Waals surface area contributed by atoms with E-state index >= 15 is 0 Å². The van der Waals surface area contributed by atoms with Crippen molar-refractivity contribution in [3.63, 3.8) is 0 Å². The maximum Gasteiger partial charge on any atom is 0.222 e. The van der Waals surface area contributed by atoms with Gasteiger partial charge < -0.3 is 19.3 Å². The summed E-state index contributed by atoms with van der Waals surface area (Å²) in [5.41, 5.74) is 2.89. The van der Waals surface area contributed by atoms with Gasteiger partial charge >= 0.3 is 0 Å². The summed E-state index contributed by atoms with van der Waals surface area (Å²) in [5.74, 6) is 2.60. The first-order valence-corrected chi connectivity index (χ1v) is 12.8. The van der Waals surface area contributed by atoms with Crippen LogP contribution in [-0.2, 0) is 18.3 Å². The molecule has 0 fully saturated rings. The van der Waals surface area contributed by atoms with Crippen molar-refractivity contribution in [3.8, 4) is 28.6 Å². The first-order chi connectivity index (χ1) is 17.4. The van der Waals surface area contributed by atoms with E-state index in [-0.39, 0.29) is 0 Å². The van der Waals surface area contributed by atoms with E-state index in [1.165, 1.54) is 0 Å². The lowest BCUT2D eigenvalue weighted by Gasteiger charge is -2.27. The molecule has 7 nitrogen and oxygen atoms in total. The molecular formula is C29H41N3O4. The average molecular weight is 496 g/mol. The first-order valence-electron chi connectivity index (χ1n) is 12.8. The van der Waals surface area contributed by atoms with Crippen LogP contribution >= 0.6 is 0 Å². The van der Waals surface area contributed by atoms with E-state index in [1.807, 2.05) is 49.5 Å². The van der Waals surface area contributed by atoms with Gasteiger partial charge in [-0.3, -0.25) is 4.90 Å². The van der Waals surface area contributed by atoms with E-state index in [2.05, 4.69) is 37.8 Å². The van der Waals surface area contributed by atoms with E-state index < -0.39 is 6.10 Å². The van der Waals surface area contributed by atoms with E-state index in [0.717, 1.165) is 42.0 Å². The maximum absolute atomic E-state index is 10.7. The quantitative estimate of drug-likeness (QED) is 0.280. The molecule has 0 amide bonds. The van der Waals surface area contributed by atoms with Crippen molar-refractivity contribution in [2.75, 3.05) is 33.4 Å². The van der Waals surface area contributed by atoms with Gasteiger partial charge in [0.15, 0.2) is 0 Å². The number of aliphatic hydroxyl groups excluding tert-OH is 1. The summed E-state index contributed by atoms with van der Waals surface area (Å²) in [4.78, 5) is 2.27. The van der Waals surface area contributed by atoms with E-state index in [4.69, 9.17) is 19.3 Å². The highest BCUT2D eigenvalue weighted by atomic mass is 16.5. The third kappa shape index (κ3) is 8.08. The number of unbranched alkanes of at least 4 members (excludes halogenated alkanes) is 1. The lowest BCUT2D eigenvalue weighted by molar-refractivity contribution is 0.0124. The zero-order valence-corrected chi connectivity index (χ0v) is 22.3. The fourth-order valence-electron chi connectivity index (χ4n) is 4.17. The molecular weight excluding hydrogens is 454 g/mol. The van der Waals surface area contributed by atoms with Crippen molar-refractivity contribution in [2.45, 2.75) is 46.3 Å². The van der Waals surface area contributed by atoms with Crippen molar-refractivity contribution >= 4 is 0 Å². The average Bonchev–Trinajstić information content (AvgIpc) is 3.17. The number of aryl methyl sites for hydroxylation is 1. The van der Waals surface area contributed by atoms with E-state index in [0.29, 0.717) is 43.9 Å². The van der Waals surface area contributed by atoms with Gasteiger partial charge in [-0.05, 0) is 36.6 Å². The van der Waals surface area contributed by atoms with Gasteiger partial charge in [-0.25, -0.2) is 4.68 Å². The van der Waals surface area contributed by atoms with Crippen LogP contribution in [0.25, 0.3) is 11.3 Å². The Morgan fingerprint density at radius 2 is 1.69 bits per heavy atom. The standard InChI is InChI=1S/C29H41N3O4/c1-6-7-17-35-21-24(33)19-32(18-22(2)3)20-27-28(23-11-9-8-10-12-23)30-31(4)29(27)36-26-15-13-25(34-5)14-16-26/h8-16,22,24,33H,6-7,17-21H2,1-5H3/t24-/m1/s1. The maximum atomic E-state index is 10.7. The van der Waals surface area contributed by atoms with Gasteiger partial charge in [0, 0.05) is 38.9 Å². The summed E-state index contributed by atoms with van der Waals surface area (Å²) in [7, 11) is 3.55. The highest BCUT2D eigenvalue weighted by molar-refractivity contribution is 5.65. The molecule has 7 heteroatoms. The number of nitrogens with zero attached hydrogens (tertiary/aromatic N) is 3. The zero-order valence-electron chi connectivity index (χ0n) is 22.3. The Morgan fingerprint density at radius 1 is 1.00 bits per heavy atom. The van der Waals surface area contributed by atoms with Crippen molar-refractivity contribution in [1.82, 2.24) is 14.7 Å². The molecule has 3 aromatic rings. The third-order valence-electron chi connectivity index (χ3n) is 5.84. The van der Waals surface area contributed by atoms with Crippen molar-refractivity contribution in [3.05, 3.63) is 60.2 Å². The summed E-state index contributed by atoms with van der Waals surface area (Å²) in [6.45, 7) is 9.45. The van der Waals surface area contributed by atoms with Crippen LogP contribution < -0.4 is 9.47 Å². The molecule has 0 aliphatic heterocycles. The Kier molecular flexibility index (Phi) is 10.8. The number of benzene rings is 2. The van der Waals surface area contributed by atoms with Gasteiger partial charge in [0.2, 0.25) is 5.88 Å². The summed E-state index contributed by atoms with van der Waals surface area (Å²) >= 11 is 0. The van der Waals surface area contributed by atoms with Gasteiger partial charge in [0.05, 0.1) is 25.4 Å². The molecule has 0 saturated carbocycles. The molecule has 0 spiro atoms. The Labute approximate surface area is 215 Å². The van der Waals surface area contributed by atoms with Gasteiger partial charge in [0.25, 0.3) is 0 Å². The van der Waals surface area contributed by atoms with Crippen LogP contribution in [0.5, 0.6) is 17.4 Å². The normalized spacial score (nSPS) is 12.3. The second kappa shape index (κ2) is 14.0. The number of aromatic nitrogens is 2. The second-order valence-electron chi connectivity index (χ2n) is 9.57. The van der Waals surface area contributed by atoms with Crippen LogP contribution in [0.2, 0.25) is 0 Å². The Morgan fingerprint density at radius 3 is 2.33 bits per heavy atom. The van der Waals surface area contributed by atoms with Crippen LogP contribution in [0.15, 0.2) is 54.6 Å². The van der Waals surface area contributed by atoms with Crippen LogP contribution in [0.1, 0.15) is 39.2 Å². The lowest BCUT2D eigenvalue weighted by atomic mass is 10.1. The number of rotatable bonds is 15. The largest absolute Gasteiger partial charge is 0.497 e. The van der Waals surface area contributed by atoms with Crippen molar-refractivity contribution in [1.29, 1.82) is 0 Å². The smallest absolute Gasteiger partial charge is 0.222 e. The molecule has 0 bridgehead atoms. The second-order valence-corrected chi connectivity index (χ2v) is 9.57. The minimum Gasteiger partial charge on any atom is -0.497 e. The van der Waals surface area contributed by atoms with Gasteiger partial charge in [0.1, 0.15) is 17.2 Å². The van der Waals surface area contributed by atoms with Crippen LogP contribution in [0.3, 0.4) is 0 Å². The number of methoxy groups -OCH3 is 1. The molecule has 2 aromatic carbocycles. The van der Waals surface area contributed by atoms with Crippen LogP contribution in [0.4, 0.5) is 0 Å². The highest BCUT2D eigenvalue weighted by Gasteiger charge is 2.24. The van der Waals surface area contributed by atoms with Crippen LogP contribution in [0, 0.1) is 5.92 Å². The number of aliphatic hydroxyl groups is 1. The fraction of sp³-hybridized carbons (Fsp3) is 0.483. The minimum atomic E-state index is -0.566. The molecule has 0 unspecified atom stereocenters. The molecule has 36 heavy (non-hydrogen) atoms. The summed E-state index contributed by atoms with van der Waals surface area (Å²) in [5, 5.41) is 15.6. The monoisotopic (exact) mass is 495 g/mol.